The van der Waals surface area contributed by atoms with Crippen LogP contribution in [0.3, 0.4) is 0 Å². The maximum absolute atomic E-state index is 13.7. The second-order valence-corrected chi connectivity index (χ2v) is 8.20. The number of likely N-dealkylation sites (tertiary alicyclic amines) is 1. The van der Waals surface area contributed by atoms with Crippen LogP contribution in [0.4, 0.5) is 4.39 Å². The molecular formula is C25H26FN3O3. The first kappa shape index (κ1) is 21.7. The fraction of sp³-hybridized carbons (Fsp3) is 0.320. The molecule has 6 nitrogen and oxygen atoms in total. The van der Waals surface area contributed by atoms with Crippen LogP contribution in [0.15, 0.2) is 48.5 Å². The molecule has 2 N–H and O–H groups in total. The van der Waals surface area contributed by atoms with Crippen molar-refractivity contribution in [1.29, 1.82) is 0 Å². The molecule has 4 rings (SSSR count). The van der Waals surface area contributed by atoms with Gasteiger partial charge in [-0.1, -0.05) is 36.4 Å². The summed E-state index contributed by atoms with van der Waals surface area (Å²) >= 11 is 0. The van der Waals surface area contributed by atoms with Gasteiger partial charge in [0.05, 0.1) is 5.56 Å². The molecule has 7 heteroatoms. The maximum atomic E-state index is 13.7. The summed E-state index contributed by atoms with van der Waals surface area (Å²) < 4.78 is 13.7. The number of aromatic nitrogens is 1. The number of benzene rings is 2. The van der Waals surface area contributed by atoms with Gasteiger partial charge in [0.1, 0.15) is 5.82 Å². The van der Waals surface area contributed by atoms with Gasteiger partial charge in [-0.05, 0) is 43.9 Å². The summed E-state index contributed by atoms with van der Waals surface area (Å²) in [6.07, 6.45) is 1.42. The Morgan fingerprint density at radius 2 is 1.75 bits per heavy atom. The molecule has 0 bridgehead atoms. The average molecular weight is 435 g/mol. The first-order valence-corrected chi connectivity index (χ1v) is 10.9. The molecule has 1 saturated heterocycles. The molecule has 0 atom stereocenters. The number of carbonyl (C=O) groups excluding carboxylic acids is 3. The monoisotopic (exact) mass is 435 g/mol. The van der Waals surface area contributed by atoms with E-state index in [0.29, 0.717) is 55.7 Å². The zero-order valence-corrected chi connectivity index (χ0v) is 18.0. The van der Waals surface area contributed by atoms with Crippen LogP contribution in [0, 0.1) is 18.7 Å². The van der Waals surface area contributed by atoms with Crippen LogP contribution in [0.2, 0.25) is 0 Å². The second kappa shape index (κ2) is 9.34. The van der Waals surface area contributed by atoms with Gasteiger partial charge >= 0.3 is 0 Å². The minimum Gasteiger partial charge on any atom is -0.358 e. The Labute approximate surface area is 185 Å². The molecule has 0 spiro atoms. The lowest BCUT2D eigenvalue weighted by Crippen LogP contribution is -2.45. The summed E-state index contributed by atoms with van der Waals surface area (Å²) in [6.45, 7) is 2.87. The van der Waals surface area contributed by atoms with Gasteiger partial charge in [-0.25, -0.2) is 4.39 Å². The van der Waals surface area contributed by atoms with Crippen LogP contribution in [0.1, 0.15) is 34.5 Å². The first-order chi connectivity index (χ1) is 15.5. The molecule has 0 unspecified atom stereocenters. The molecule has 0 radical (unpaired) electrons. The van der Waals surface area contributed by atoms with E-state index in [0.717, 1.165) is 10.9 Å². The number of Topliss-reactive ketones (excluding diaryl/α,β-unsaturated/α-hetero) is 1. The number of nitrogens with zero attached hydrogens (tertiary/aromatic N) is 1. The van der Waals surface area contributed by atoms with Gasteiger partial charge in [-0.2, -0.15) is 0 Å². The Hall–Kier alpha value is -3.48. The summed E-state index contributed by atoms with van der Waals surface area (Å²) in [7, 11) is 0. The number of para-hydroxylation sites is 1. The molecule has 166 valence electrons. The van der Waals surface area contributed by atoms with Crippen molar-refractivity contribution in [2.24, 2.45) is 5.92 Å². The second-order valence-electron chi connectivity index (χ2n) is 8.20. The Balaban J connectivity index is 1.30. The molecule has 2 heterocycles. The van der Waals surface area contributed by atoms with E-state index in [1.165, 1.54) is 11.0 Å². The zero-order chi connectivity index (χ0) is 22.7. The maximum Gasteiger partial charge on any atom is 0.295 e. The zero-order valence-electron chi connectivity index (χ0n) is 18.0. The van der Waals surface area contributed by atoms with Crippen molar-refractivity contribution in [2.45, 2.75) is 26.2 Å². The molecule has 1 aliphatic rings. The Kier molecular flexibility index (Phi) is 6.35. The van der Waals surface area contributed by atoms with Gasteiger partial charge in [0.2, 0.25) is 5.91 Å². The van der Waals surface area contributed by atoms with E-state index in [1.54, 1.807) is 25.1 Å². The van der Waals surface area contributed by atoms with E-state index in [2.05, 4.69) is 10.3 Å². The van der Waals surface area contributed by atoms with Crippen molar-refractivity contribution in [2.75, 3.05) is 19.6 Å². The van der Waals surface area contributed by atoms with Gasteiger partial charge in [-0.15, -0.1) is 0 Å². The lowest BCUT2D eigenvalue weighted by molar-refractivity contribution is -0.132. The van der Waals surface area contributed by atoms with Gasteiger partial charge in [0, 0.05) is 42.1 Å². The van der Waals surface area contributed by atoms with Crippen LogP contribution in [-0.4, -0.2) is 47.1 Å². The van der Waals surface area contributed by atoms with Crippen molar-refractivity contribution in [3.63, 3.8) is 0 Å². The van der Waals surface area contributed by atoms with E-state index in [1.807, 2.05) is 24.3 Å². The number of fused-ring (bicyclic) bond motifs is 1. The number of rotatable bonds is 6. The molecule has 0 saturated carbocycles. The van der Waals surface area contributed by atoms with Crippen LogP contribution < -0.4 is 5.32 Å². The van der Waals surface area contributed by atoms with Crippen LogP contribution in [0.5, 0.6) is 0 Å². The van der Waals surface area contributed by atoms with E-state index in [-0.39, 0.29) is 17.6 Å². The molecule has 1 aliphatic heterocycles. The highest BCUT2D eigenvalue weighted by Gasteiger charge is 2.32. The van der Waals surface area contributed by atoms with E-state index < -0.39 is 11.7 Å². The van der Waals surface area contributed by atoms with Gasteiger partial charge in [0.15, 0.2) is 0 Å². The highest BCUT2D eigenvalue weighted by molar-refractivity contribution is 6.45. The SMILES string of the molecule is Cc1[nH]c2ccccc2c1C(=O)C(=O)N1CCC(C(=O)NCCc2ccccc2F)CC1. The van der Waals surface area contributed by atoms with Crippen LogP contribution in [-0.2, 0) is 16.0 Å². The van der Waals surface area contributed by atoms with Crippen molar-refractivity contribution < 1.29 is 18.8 Å². The fourth-order valence-electron chi connectivity index (χ4n) is 4.33. The Morgan fingerprint density at radius 3 is 2.50 bits per heavy atom. The molecule has 2 aromatic carbocycles. The Morgan fingerprint density at radius 1 is 1.06 bits per heavy atom. The summed E-state index contributed by atoms with van der Waals surface area (Å²) in [4.78, 5) is 43.0. The number of nitrogens with one attached hydrogen (secondary N) is 2. The van der Waals surface area contributed by atoms with E-state index >= 15 is 0 Å². The van der Waals surface area contributed by atoms with Crippen LogP contribution in [0.25, 0.3) is 10.9 Å². The largest absolute Gasteiger partial charge is 0.358 e. The molecule has 1 fully saturated rings. The number of aryl methyl sites for hydroxylation is 1. The average Bonchev–Trinajstić information content (AvgIpc) is 3.15. The summed E-state index contributed by atoms with van der Waals surface area (Å²) in [5.41, 5.74) is 2.48. The standard InChI is InChI=1S/C25H26FN3O3/c1-16-22(19-7-3-5-9-21(19)28-16)23(30)25(32)29-14-11-18(12-15-29)24(31)27-13-10-17-6-2-4-8-20(17)26/h2-9,18,28H,10-15H2,1H3,(H,27,31). The normalized spacial score (nSPS) is 14.5. The number of hydrogen-bond acceptors (Lipinski definition) is 3. The molecule has 0 aliphatic carbocycles. The van der Waals surface area contributed by atoms with Crippen molar-refractivity contribution in [3.05, 3.63) is 71.2 Å². The number of ketones is 1. The van der Waals surface area contributed by atoms with Gasteiger partial charge in [-0.3, -0.25) is 14.4 Å². The molecule has 3 aromatic rings. The lowest BCUT2D eigenvalue weighted by Gasteiger charge is -2.31. The molecular weight excluding hydrogens is 409 g/mol. The summed E-state index contributed by atoms with van der Waals surface area (Å²) in [5, 5.41) is 3.61. The smallest absolute Gasteiger partial charge is 0.295 e. The third kappa shape index (κ3) is 4.42. The van der Waals surface area contributed by atoms with Crippen LogP contribution >= 0.6 is 0 Å². The quantitative estimate of drug-likeness (QED) is 0.460. The van der Waals surface area contributed by atoms with E-state index in [4.69, 9.17) is 0 Å². The number of amides is 2. The number of H-pyrrole nitrogens is 1. The summed E-state index contributed by atoms with van der Waals surface area (Å²) in [5.74, 6) is -1.63. The minimum absolute atomic E-state index is 0.0905. The third-order valence-electron chi connectivity index (χ3n) is 6.12. The predicted octanol–water partition coefficient (Wildman–Crippen LogP) is 3.40. The molecule has 1 aromatic heterocycles. The number of carbonyl (C=O) groups is 3. The van der Waals surface area contributed by atoms with Crippen molar-refractivity contribution in [1.82, 2.24) is 15.2 Å². The third-order valence-corrected chi connectivity index (χ3v) is 6.12. The molecule has 2 amide bonds. The topological polar surface area (TPSA) is 82.3 Å². The lowest BCUT2D eigenvalue weighted by atomic mass is 9.95. The van der Waals surface area contributed by atoms with Crippen molar-refractivity contribution >= 4 is 28.5 Å². The summed E-state index contributed by atoms with van der Waals surface area (Å²) in [6, 6.07) is 13.9. The van der Waals surface area contributed by atoms with E-state index in [9.17, 15) is 18.8 Å². The predicted molar refractivity (Wildman–Crippen MR) is 120 cm³/mol. The highest BCUT2D eigenvalue weighted by atomic mass is 19.1. The highest BCUT2D eigenvalue weighted by Crippen LogP contribution is 2.24. The number of piperidine rings is 1. The first-order valence-electron chi connectivity index (χ1n) is 10.9. The number of aromatic amines is 1. The number of hydrogen-bond donors (Lipinski definition) is 2. The fourth-order valence-corrected chi connectivity index (χ4v) is 4.33. The van der Waals surface area contributed by atoms with Crippen molar-refractivity contribution in [3.8, 4) is 0 Å². The molecule has 32 heavy (non-hydrogen) atoms. The number of halogens is 1. The van der Waals surface area contributed by atoms with Gasteiger partial charge < -0.3 is 15.2 Å². The Bertz CT molecular complexity index is 1160. The minimum atomic E-state index is -0.531. The van der Waals surface area contributed by atoms with Gasteiger partial charge in [0.25, 0.3) is 11.7 Å².